The van der Waals surface area contributed by atoms with Crippen molar-refractivity contribution in [3.05, 3.63) is 34.1 Å². The molecule has 18 heavy (non-hydrogen) atoms. The van der Waals surface area contributed by atoms with Gasteiger partial charge >= 0.3 is 0 Å². The second-order valence-corrected chi connectivity index (χ2v) is 8.06. The van der Waals surface area contributed by atoms with Crippen molar-refractivity contribution in [2.24, 2.45) is 0 Å². The molecule has 0 heterocycles. The molecule has 0 bridgehead atoms. The zero-order chi connectivity index (χ0) is 13.8. The molecule has 4 heteroatoms. The molecule has 0 saturated carbocycles. The first-order valence-electron chi connectivity index (χ1n) is 6.07. The smallest absolute Gasteiger partial charge is 0.137 e. The summed E-state index contributed by atoms with van der Waals surface area (Å²) < 4.78 is 14.0. The van der Waals surface area contributed by atoms with Gasteiger partial charge in [-0.15, -0.1) is 0 Å². The normalized spacial score (nSPS) is 13.7. The maximum Gasteiger partial charge on any atom is 0.137 e. The number of hydrogen-bond acceptors (Lipinski definition) is 2. The van der Waals surface area contributed by atoms with E-state index in [1.165, 1.54) is 6.07 Å². The van der Waals surface area contributed by atoms with Crippen LogP contribution in [0.3, 0.4) is 0 Å². The van der Waals surface area contributed by atoms with E-state index in [1.807, 2.05) is 30.9 Å². The van der Waals surface area contributed by atoms with Gasteiger partial charge in [-0.1, -0.05) is 26.8 Å². The molecule has 1 unspecified atom stereocenters. The highest BCUT2D eigenvalue weighted by Gasteiger charge is 2.15. The van der Waals surface area contributed by atoms with E-state index in [1.54, 1.807) is 0 Å². The minimum atomic E-state index is -0.205. The van der Waals surface area contributed by atoms with E-state index in [9.17, 15) is 4.39 Å². The summed E-state index contributed by atoms with van der Waals surface area (Å²) >= 11 is 5.17. The van der Waals surface area contributed by atoms with E-state index in [0.29, 0.717) is 10.5 Å². The van der Waals surface area contributed by atoms with Crippen LogP contribution < -0.4 is 5.32 Å². The third-order valence-electron chi connectivity index (χ3n) is 2.59. The van der Waals surface area contributed by atoms with Crippen molar-refractivity contribution in [3.63, 3.8) is 0 Å². The maximum atomic E-state index is 13.2. The van der Waals surface area contributed by atoms with Crippen molar-refractivity contribution in [2.45, 2.75) is 38.0 Å². The van der Waals surface area contributed by atoms with Gasteiger partial charge in [0.25, 0.3) is 0 Å². The van der Waals surface area contributed by atoms with Gasteiger partial charge in [0, 0.05) is 16.5 Å². The van der Waals surface area contributed by atoms with Crippen molar-refractivity contribution in [2.75, 3.05) is 12.8 Å². The fourth-order valence-corrected chi connectivity index (χ4v) is 2.96. The van der Waals surface area contributed by atoms with Gasteiger partial charge in [-0.25, -0.2) is 4.39 Å². The first kappa shape index (κ1) is 16.0. The number of rotatable bonds is 5. The molecule has 0 aromatic heterocycles. The van der Waals surface area contributed by atoms with E-state index in [-0.39, 0.29) is 10.6 Å². The second-order valence-electron chi connectivity index (χ2n) is 5.36. The molecule has 0 radical (unpaired) electrons. The number of halogens is 2. The molecular weight excluding hydrogens is 313 g/mol. The van der Waals surface area contributed by atoms with Crippen molar-refractivity contribution in [1.82, 2.24) is 5.32 Å². The van der Waals surface area contributed by atoms with Crippen LogP contribution in [0.25, 0.3) is 0 Å². The minimum Gasteiger partial charge on any atom is -0.316 e. The summed E-state index contributed by atoms with van der Waals surface area (Å²) in [6.45, 7) is 6.66. The van der Waals surface area contributed by atoms with Gasteiger partial charge in [-0.05, 0) is 47.1 Å². The summed E-state index contributed by atoms with van der Waals surface area (Å²) in [5.41, 5.74) is 1.15. The lowest BCUT2D eigenvalue weighted by Crippen LogP contribution is -2.31. The average molecular weight is 334 g/mol. The number of hydrogen-bond donors (Lipinski definition) is 1. The first-order valence-corrected chi connectivity index (χ1v) is 7.85. The highest BCUT2D eigenvalue weighted by molar-refractivity contribution is 9.10. The van der Waals surface area contributed by atoms with E-state index in [0.717, 1.165) is 17.7 Å². The minimum absolute atomic E-state index is 0.205. The highest BCUT2D eigenvalue weighted by atomic mass is 79.9. The van der Waals surface area contributed by atoms with Gasteiger partial charge in [0.1, 0.15) is 5.82 Å². The van der Waals surface area contributed by atoms with Crippen LogP contribution in [0.5, 0.6) is 0 Å². The molecule has 0 aliphatic heterocycles. The Morgan fingerprint density at radius 2 is 2.06 bits per heavy atom. The SMILES string of the molecule is CNC(CSC(C)(C)C)Cc1ccc(F)c(Br)c1. The zero-order valence-corrected chi connectivity index (χ0v) is 13.8. The van der Waals surface area contributed by atoms with Crippen LogP contribution in [0.15, 0.2) is 22.7 Å². The Morgan fingerprint density at radius 3 is 2.56 bits per heavy atom. The molecule has 1 aromatic carbocycles. The van der Waals surface area contributed by atoms with Crippen LogP contribution in [0.1, 0.15) is 26.3 Å². The molecule has 1 atom stereocenters. The summed E-state index contributed by atoms with van der Waals surface area (Å²) in [5, 5.41) is 3.33. The molecule has 102 valence electrons. The van der Waals surface area contributed by atoms with Crippen LogP contribution in [-0.4, -0.2) is 23.6 Å². The van der Waals surface area contributed by atoms with Crippen LogP contribution in [-0.2, 0) is 6.42 Å². The molecule has 1 N–H and O–H groups in total. The number of likely N-dealkylation sites (N-methyl/N-ethyl adjacent to an activating group) is 1. The number of benzene rings is 1. The molecule has 1 aromatic rings. The Balaban J connectivity index is 2.59. The first-order chi connectivity index (χ1) is 8.31. The number of nitrogens with one attached hydrogen (secondary N) is 1. The van der Waals surface area contributed by atoms with Crippen LogP contribution in [0, 0.1) is 5.82 Å². The fourth-order valence-electron chi connectivity index (χ4n) is 1.55. The predicted molar refractivity (Wildman–Crippen MR) is 82.9 cm³/mol. The Kier molecular flexibility index (Phi) is 6.15. The lowest BCUT2D eigenvalue weighted by molar-refractivity contribution is 0.604. The average Bonchev–Trinajstić information content (AvgIpc) is 2.28. The van der Waals surface area contributed by atoms with E-state index >= 15 is 0 Å². The van der Waals surface area contributed by atoms with Gasteiger partial charge in [0.15, 0.2) is 0 Å². The molecular formula is C14H21BrFNS. The molecule has 1 nitrogen and oxygen atoms in total. The van der Waals surface area contributed by atoms with Crippen LogP contribution >= 0.6 is 27.7 Å². The van der Waals surface area contributed by atoms with Crippen molar-refractivity contribution < 1.29 is 4.39 Å². The summed E-state index contributed by atoms with van der Waals surface area (Å²) in [5.74, 6) is 0.846. The van der Waals surface area contributed by atoms with Gasteiger partial charge in [-0.2, -0.15) is 11.8 Å². The highest BCUT2D eigenvalue weighted by Crippen LogP contribution is 2.25. The fraction of sp³-hybridized carbons (Fsp3) is 0.571. The lowest BCUT2D eigenvalue weighted by atomic mass is 10.1. The zero-order valence-electron chi connectivity index (χ0n) is 11.4. The third kappa shape index (κ3) is 5.72. The lowest BCUT2D eigenvalue weighted by Gasteiger charge is -2.22. The van der Waals surface area contributed by atoms with Crippen LogP contribution in [0.4, 0.5) is 4.39 Å². The van der Waals surface area contributed by atoms with Gasteiger partial charge in [0.2, 0.25) is 0 Å². The molecule has 0 aliphatic carbocycles. The third-order valence-corrected chi connectivity index (χ3v) is 4.63. The quantitative estimate of drug-likeness (QED) is 0.864. The molecule has 0 amide bonds. The topological polar surface area (TPSA) is 12.0 Å². The molecule has 0 aliphatic rings. The molecule has 0 spiro atoms. The van der Waals surface area contributed by atoms with Crippen molar-refractivity contribution in [3.8, 4) is 0 Å². The maximum absolute atomic E-state index is 13.2. The molecule has 0 saturated heterocycles. The van der Waals surface area contributed by atoms with Gasteiger partial charge < -0.3 is 5.32 Å². The van der Waals surface area contributed by atoms with Gasteiger partial charge in [0.05, 0.1) is 4.47 Å². The Morgan fingerprint density at radius 1 is 1.39 bits per heavy atom. The van der Waals surface area contributed by atoms with Crippen molar-refractivity contribution in [1.29, 1.82) is 0 Å². The van der Waals surface area contributed by atoms with E-state index < -0.39 is 0 Å². The van der Waals surface area contributed by atoms with E-state index in [2.05, 4.69) is 42.0 Å². The van der Waals surface area contributed by atoms with Crippen molar-refractivity contribution >= 4 is 27.7 Å². The number of thioether (sulfide) groups is 1. The second kappa shape index (κ2) is 6.92. The summed E-state index contributed by atoms with van der Waals surface area (Å²) in [7, 11) is 1.98. The molecule has 1 rings (SSSR count). The Labute approximate surface area is 122 Å². The standard InChI is InChI=1S/C14H21BrFNS/c1-14(2,3)18-9-11(17-4)7-10-5-6-13(16)12(15)8-10/h5-6,8,11,17H,7,9H2,1-4H3. The molecule has 0 fully saturated rings. The monoisotopic (exact) mass is 333 g/mol. The van der Waals surface area contributed by atoms with E-state index in [4.69, 9.17) is 0 Å². The summed E-state index contributed by atoms with van der Waals surface area (Å²) in [6, 6.07) is 5.64. The van der Waals surface area contributed by atoms with Gasteiger partial charge in [-0.3, -0.25) is 0 Å². The Hall–Kier alpha value is -0.0600. The van der Waals surface area contributed by atoms with Crippen LogP contribution in [0.2, 0.25) is 0 Å². The predicted octanol–water partition coefficient (Wildman–Crippen LogP) is 4.25. The largest absolute Gasteiger partial charge is 0.316 e. The Bertz CT molecular complexity index is 390. The summed E-state index contributed by atoms with van der Waals surface area (Å²) in [4.78, 5) is 0. The summed E-state index contributed by atoms with van der Waals surface area (Å²) in [6.07, 6.45) is 0.915.